The molecule has 1 heterocycles. The largest absolute Gasteiger partial charge is 0.383 e. The molecule has 0 atom stereocenters. The van der Waals surface area contributed by atoms with E-state index in [-0.39, 0.29) is 6.42 Å². The number of anilines is 1. The fourth-order valence-corrected chi connectivity index (χ4v) is 2.74. The summed E-state index contributed by atoms with van der Waals surface area (Å²) in [4.78, 5) is 4.06. The van der Waals surface area contributed by atoms with Gasteiger partial charge in [0, 0.05) is 27.9 Å². The van der Waals surface area contributed by atoms with Gasteiger partial charge in [0.15, 0.2) is 0 Å². The van der Waals surface area contributed by atoms with Gasteiger partial charge in [-0.1, -0.05) is 34.8 Å². The van der Waals surface area contributed by atoms with Gasteiger partial charge in [-0.25, -0.2) is 4.98 Å². The van der Waals surface area contributed by atoms with Gasteiger partial charge >= 0.3 is 0 Å². The van der Waals surface area contributed by atoms with Crippen LogP contribution in [-0.2, 0) is 6.42 Å². The Morgan fingerprint density at radius 2 is 1.79 bits per heavy atom. The van der Waals surface area contributed by atoms with Gasteiger partial charge in [-0.15, -0.1) is 0 Å². The first-order valence-electron chi connectivity index (χ1n) is 5.29. The number of hydrogen-bond donors (Lipinski definition) is 1. The highest BCUT2D eigenvalue weighted by Crippen LogP contribution is 2.37. The second-order valence-corrected chi connectivity index (χ2v) is 5.10. The number of halogens is 3. The van der Waals surface area contributed by atoms with E-state index in [1.165, 1.54) is 0 Å². The average Bonchev–Trinajstić information content (AvgIpc) is 2.32. The van der Waals surface area contributed by atoms with Crippen molar-refractivity contribution in [3.05, 3.63) is 45.0 Å². The molecule has 2 aromatic rings. The Hall–Kier alpha value is -1.47. The molecule has 0 saturated carbocycles. The van der Waals surface area contributed by atoms with Crippen LogP contribution >= 0.6 is 34.8 Å². The van der Waals surface area contributed by atoms with Crippen LogP contribution in [-0.4, -0.2) is 4.98 Å². The molecule has 6 heteroatoms. The van der Waals surface area contributed by atoms with Crippen molar-refractivity contribution >= 4 is 40.6 Å². The first-order chi connectivity index (χ1) is 9.02. The van der Waals surface area contributed by atoms with Gasteiger partial charge in [0.1, 0.15) is 5.82 Å². The lowest BCUT2D eigenvalue weighted by Crippen LogP contribution is -1.98. The zero-order chi connectivity index (χ0) is 14.0. The summed E-state index contributed by atoms with van der Waals surface area (Å²) in [6, 6.07) is 6.99. The van der Waals surface area contributed by atoms with Crippen LogP contribution in [0.1, 0.15) is 5.56 Å². The monoisotopic (exact) mass is 311 g/mol. The minimum Gasteiger partial charge on any atom is -0.383 e. The van der Waals surface area contributed by atoms with Gasteiger partial charge in [-0.05, 0) is 18.2 Å². The van der Waals surface area contributed by atoms with Crippen molar-refractivity contribution in [3.63, 3.8) is 0 Å². The van der Waals surface area contributed by atoms with Crippen molar-refractivity contribution in [2.75, 3.05) is 5.73 Å². The maximum Gasteiger partial charge on any atom is 0.127 e. The number of rotatable bonds is 2. The van der Waals surface area contributed by atoms with E-state index in [1.807, 2.05) is 6.07 Å². The van der Waals surface area contributed by atoms with Crippen LogP contribution in [0.4, 0.5) is 5.82 Å². The van der Waals surface area contributed by atoms with E-state index >= 15 is 0 Å². The van der Waals surface area contributed by atoms with Gasteiger partial charge in [-0.2, -0.15) is 5.26 Å². The maximum absolute atomic E-state index is 8.75. The lowest BCUT2D eigenvalue weighted by atomic mass is 10.0. The Kier molecular flexibility index (Phi) is 4.16. The summed E-state index contributed by atoms with van der Waals surface area (Å²) in [5.74, 6) is 0.325. The summed E-state index contributed by atoms with van der Waals surface area (Å²) in [6.45, 7) is 0. The van der Waals surface area contributed by atoms with E-state index < -0.39 is 0 Å². The predicted molar refractivity (Wildman–Crippen MR) is 78.4 cm³/mol. The van der Waals surface area contributed by atoms with Crippen LogP contribution in [0.25, 0.3) is 11.1 Å². The topological polar surface area (TPSA) is 62.7 Å². The SMILES string of the molecule is N#CCc1cc(-c2c(Cl)cc(Cl)cc2Cl)cnc1N. The highest BCUT2D eigenvalue weighted by molar-refractivity contribution is 6.41. The van der Waals surface area contributed by atoms with E-state index in [0.29, 0.717) is 37.6 Å². The standard InChI is InChI=1S/C13H8Cl3N3/c14-9-4-10(15)12(11(16)5-9)8-3-7(1-2-17)13(18)19-6-8/h3-6H,1H2,(H2,18,19). The van der Waals surface area contributed by atoms with Crippen molar-refractivity contribution in [2.24, 2.45) is 0 Å². The van der Waals surface area contributed by atoms with Gasteiger partial charge < -0.3 is 5.73 Å². The van der Waals surface area contributed by atoms with Crippen molar-refractivity contribution in [1.29, 1.82) is 5.26 Å². The molecule has 0 spiro atoms. The van der Waals surface area contributed by atoms with Crippen LogP contribution in [0, 0.1) is 11.3 Å². The van der Waals surface area contributed by atoms with Gasteiger partial charge in [0.25, 0.3) is 0 Å². The number of aromatic nitrogens is 1. The molecule has 0 saturated heterocycles. The summed E-state index contributed by atoms with van der Waals surface area (Å²) in [5, 5.41) is 10.1. The number of pyridine rings is 1. The first-order valence-corrected chi connectivity index (χ1v) is 6.42. The molecule has 2 N–H and O–H groups in total. The molecular formula is C13H8Cl3N3. The molecule has 0 aliphatic carbocycles. The van der Waals surface area contributed by atoms with Crippen LogP contribution < -0.4 is 5.73 Å². The Bertz CT molecular complexity index is 654. The lowest BCUT2D eigenvalue weighted by molar-refractivity contribution is 1.20. The highest BCUT2D eigenvalue weighted by Gasteiger charge is 2.12. The Morgan fingerprint density at radius 3 is 2.37 bits per heavy atom. The molecule has 3 nitrogen and oxygen atoms in total. The minimum absolute atomic E-state index is 0.176. The maximum atomic E-state index is 8.75. The van der Waals surface area contributed by atoms with Crippen LogP contribution in [0.15, 0.2) is 24.4 Å². The Morgan fingerprint density at radius 1 is 1.16 bits per heavy atom. The molecule has 19 heavy (non-hydrogen) atoms. The number of nitrogen functional groups attached to an aromatic ring is 1. The van der Waals surface area contributed by atoms with Gasteiger partial charge in [0.2, 0.25) is 0 Å². The molecule has 0 unspecified atom stereocenters. The summed E-state index contributed by atoms with van der Waals surface area (Å²) < 4.78 is 0. The molecule has 0 aliphatic heterocycles. The summed E-state index contributed by atoms with van der Waals surface area (Å²) in [5.41, 5.74) is 7.67. The third kappa shape index (κ3) is 2.93. The van der Waals surface area contributed by atoms with Crippen molar-refractivity contribution < 1.29 is 0 Å². The normalized spacial score (nSPS) is 10.2. The lowest BCUT2D eigenvalue weighted by Gasteiger charge is -2.10. The van der Waals surface area contributed by atoms with E-state index in [1.54, 1.807) is 24.4 Å². The van der Waals surface area contributed by atoms with E-state index in [2.05, 4.69) is 4.98 Å². The van der Waals surface area contributed by atoms with Crippen LogP contribution in [0.3, 0.4) is 0 Å². The fraction of sp³-hybridized carbons (Fsp3) is 0.0769. The second kappa shape index (κ2) is 5.66. The van der Waals surface area contributed by atoms with Gasteiger partial charge in [-0.3, -0.25) is 0 Å². The molecule has 1 aromatic heterocycles. The predicted octanol–water partition coefficient (Wildman–Crippen LogP) is 4.36. The summed E-state index contributed by atoms with van der Waals surface area (Å²) >= 11 is 18.2. The molecule has 96 valence electrons. The fourth-order valence-electron chi connectivity index (χ4n) is 1.70. The Labute approximate surface area is 125 Å². The van der Waals surface area contributed by atoms with Crippen molar-refractivity contribution in [2.45, 2.75) is 6.42 Å². The molecule has 0 amide bonds. The van der Waals surface area contributed by atoms with E-state index in [4.69, 9.17) is 45.8 Å². The summed E-state index contributed by atoms with van der Waals surface area (Å²) in [6.07, 6.45) is 1.74. The quantitative estimate of drug-likeness (QED) is 0.896. The Balaban J connectivity index is 2.60. The average molecular weight is 313 g/mol. The molecule has 2 rings (SSSR count). The molecule has 0 fully saturated rings. The zero-order valence-electron chi connectivity index (χ0n) is 9.62. The molecule has 0 aliphatic rings. The third-order valence-corrected chi connectivity index (χ3v) is 3.38. The zero-order valence-corrected chi connectivity index (χ0v) is 11.9. The third-order valence-electron chi connectivity index (χ3n) is 2.57. The number of hydrogen-bond acceptors (Lipinski definition) is 3. The van der Waals surface area contributed by atoms with Crippen LogP contribution in [0.5, 0.6) is 0 Å². The first kappa shape index (κ1) is 14.0. The van der Waals surface area contributed by atoms with Crippen molar-refractivity contribution in [1.82, 2.24) is 4.98 Å². The molecule has 0 bridgehead atoms. The molecular weight excluding hydrogens is 305 g/mol. The number of nitrogens with two attached hydrogens (primary N) is 1. The van der Waals surface area contributed by atoms with E-state index in [0.717, 1.165) is 0 Å². The smallest absolute Gasteiger partial charge is 0.127 e. The van der Waals surface area contributed by atoms with Crippen molar-refractivity contribution in [3.8, 4) is 17.2 Å². The van der Waals surface area contributed by atoms with Crippen LogP contribution in [0.2, 0.25) is 15.1 Å². The van der Waals surface area contributed by atoms with E-state index in [9.17, 15) is 0 Å². The minimum atomic E-state index is 0.176. The number of nitrogens with zero attached hydrogens (tertiary/aromatic N) is 2. The highest BCUT2D eigenvalue weighted by atomic mass is 35.5. The second-order valence-electron chi connectivity index (χ2n) is 3.85. The number of nitriles is 1. The number of benzene rings is 1. The summed E-state index contributed by atoms with van der Waals surface area (Å²) in [7, 11) is 0. The molecule has 0 radical (unpaired) electrons. The van der Waals surface area contributed by atoms with Gasteiger partial charge in [0.05, 0.1) is 22.5 Å². The molecule has 1 aromatic carbocycles.